The van der Waals surface area contributed by atoms with Crippen LogP contribution in [0.1, 0.15) is 24.3 Å². The third-order valence-corrected chi connectivity index (χ3v) is 5.68. The van der Waals surface area contributed by atoms with Crippen LogP contribution in [0.25, 0.3) is 0 Å². The molecular weight excluding hydrogens is 343 g/mol. The summed E-state index contributed by atoms with van der Waals surface area (Å²) < 4.78 is 19.7. The van der Waals surface area contributed by atoms with Crippen LogP contribution in [-0.2, 0) is 9.53 Å². The maximum atomic E-state index is 13.8. The minimum Gasteiger partial charge on any atom is -0.460 e. The van der Waals surface area contributed by atoms with Gasteiger partial charge in [0.2, 0.25) is 0 Å². The fraction of sp³-hybridized carbons (Fsp3) is 0.409. The summed E-state index contributed by atoms with van der Waals surface area (Å²) in [6.07, 6.45) is 2.13. The Kier molecular flexibility index (Phi) is 5.39. The van der Waals surface area contributed by atoms with E-state index in [2.05, 4.69) is 10.2 Å². The van der Waals surface area contributed by atoms with Gasteiger partial charge in [-0.2, -0.15) is 0 Å². The Labute approximate surface area is 159 Å². The molecule has 27 heavy (non-hydrogen) atoms. The number of carbonyl (C=O) groups excluding carboxylic acids is 1. The van der Waals surface area contributed by atoms with Crippen LogP contribution < -0.4 is 5.32 Å². The van der Waals surface area contributed by atoms with Crippen molar-refractivity contribution in [2.24, 2.45) is 5.92 Å². The number of ether oxygens (including phenoxy) is 1. The van der Waals surface area contributed by atoms with E-state index in [0.717, 1.165) is 38.2 Å². The number of anilines is 1. The summed E-state index contributed by atoms with van der Waals surface area (Å²) in [5.41, 5.74) is 1.57. The van der Waals surface area contributed by atoms with Crippen LogP contribution in [-0.4, -0.2) is 43.2 Å². The Balaban J connectivity index is 1.49. The van der Waals surface area contributed by atoms with Gasteiger partial charge in [-0.3, -0.25) is 9.69 Å². The summed E-state index contributed by atoms with van der Waals surface area (Å²) in [4.78, 5) is 15.4. The van der Waals surface area contributed by atoms with Gasteiger partial charge < -0.3 is 10.1 Å². The van der Waals surface area contributed by atoms with Gasteiger partial charge in [0.1, 0.15) is 11.9 Å². The fourth-order valence-electron chi connectivity index (χ4n) is 4.11. The number of benzene rings is 2. The first kappa shape index (κ1) is 18.0. The maximum Gasteiger partial charge on any atom is 0.315 e. The summed E-state index contributed by atoms with van der Waals surface area (Å²) in [6, 6.07) is 16.0. The minimum atomic E-state index is -0.545. The molecule has 0 radical (unpaired) electrons. The number of esters is 1. The first-order valence-electron chi connectivity index (χ1n) is 9.66. The summed E-state index contributed by atoms with van der Waals surface area (Å²) in [6.45, 7) is 3.38. The number of rotatable bonds is 6. The van der Waals surface area contributed by atoms with Crippen molar-refractivity contribution < 1.29 is 13.9 Å². The molecule has 3 aliphatic rings. The van der Waals surface area contributed by atoms with Crippen molar-refractivity contribution in [3.8, 4) is 0 Å². The van der Waals surface area contributed by atoms with Gasteiger partial charge in [-0.15, -0.1) is 0 Å². The second kappa shape index (κ2) is 8.09. The quantitative estimate of drug-likeness (QED) is 0.790. The largest absolute Gasteiger partial charge is 0.460 e. The summed E-state index contributed by atoms with van der Waals surface area (Å²) in [7, 11) is 0. The number of halogens is 1. The van der Waals surface area contributed by atoms with E-state index in [1.807, 2.05) is 30.3 Å². The predicted molar refractivity (Wildman–Crippen MR) is 103 cm³/mol. The normalized spacial score (nSPS) is 25.0. The van der Waals surface area contributed by atoms with Gasteiger partial charge in [0, 0.05) is 18.8 Å². The van der Waals surface area contributed by atoms with Crippen molar-refractivity contribution in [1.82, 2.24) is 4.90 Å². The zero-order valence-electron chi connectivity index (χ0n) is 15.3. The van der Waals surface area contributed by atoms with Crippen LogP contribution in [0.4, 0.5) is 10.1 Å². The highest BCUT2D eigenvalue weighted by molar-refractivity contribution is 5.79. The van der Waals surface area contributed by atoms with E-state index in [9.17, 15) is 9.18 Å². The van der Waals surface area contributed by atoms with Gasteiger partial charge in [0.15, 0.2) is 0 Å². The first-order valence-corrected chi connectivity index (χ1v) is 9.66. The lowest BCUT2D eigenvalue weighted by molar-refractivity contribution is -0.160. The van der Waals surface area contributed by atoms with Gasteiger partial charge in [0.05, 0.1) is 5.92 Å². The van der Waals surface area contributed by atoms with Crippen molar-refractivity contribution in [2.75, 3.05) is 31.5 Å². The van der Waals surface area contributed by atoms with Crippen LogP contribution in [0.3, 0.4) is 0 Å². The van der Waals surface area contributed by atoms with Gasteiger partial charge in [0.25, 0.3) is 0 Å². The highest BCUT2D eigenvalue weighted by Crippen LogP contribution is 2.31. The van der Waals surface area contributed by atoms with E-state index in [1.54, 1.807) is 12.1 Å². The molecule has 2 atom stereocenters. The zero-order valence-corrected chi connectivity index (χ0v) is 15.3. The van der Waals surface area contributed by atoms with E-state index >= 15 is 0 Å². The molecule has 3 fully saturated rings. The van der Waals surface area contributed by atoms with Crippen molar-refractivity contribution in [3.05, 3.63) is 66.0 Å². The van der Waals surface area contributed by atoms with Crippen molar-refractivity contribution in [2.45, 2.75) is 24.9 Å². The second-order valence-corrected chi connectivity index (χ2v) is 7.47. The van der Waals surface area contributed by atoms with E-state index in [4.69, 9.17) is 4.74 Å². The molecule has 0 aliphatic carbocycles. The van der Waals surface area contributed by atoms with Gasteiger partial charge in [-0.1, -0.05) is 30.3 Å². The monoisotopic (exact) mass is 368 g/mol. The Morgan fingerprint density at radius 2 is 1.93 bits per heavy atom. The molecule has 3 heterocycles. The maximum absolute atomic E-state index is 13.8. The number of nitrogens with one attached hydrogen (secondary N) is 1. The molecular formula is C22H25FN2O2. The van der Waals surface area contributed by atoms with Crippen LogP contribution in [0.2, 0.25) is 0 Å². The van der Waals surface area contributed by atoms with E-state index in [-0.39, 0.29) is 17.9 Å². The van der Waals surface area contributed by atoms with Gasteiger partial charge >= 0.3 is 5.97 Å². The molecule has 2 unspecified atom stereocenters. The summed E-state index contributed by atoms with van der Waals surface area (Å²) >= 11 is 0. The first-order chi connectivity index (χ1) is 13.2. The molecule has 142 valence electrons. The second-order valence-electron chi connectivity index (χ2n) is 7.47. The zero-order chi connectivity index (χ0) is 18.6. The van der Waals surface area contributed by atoms with Crippen LogP contribution >= 0.6 is 0 Å². The molecule has 5 rings (SSSR count). The summed E-state index contributed by atoms with van der Waals surface area (Å²) in [5.74, 6) is -0.707. The van der Waals surface area contributed by atoms with Crippen molar-refractivity contribution >= 4 is 11.7 Å². The molecule has 5 heteroatoms. The molecule has 0 aromatic heterocycles. The third-order valence-electron chi connectivity index (χ3n) is 5.68. The number of carbonyl (C=O) groups is 1. The smallest absolute Gasteiger partial charge is 0.315 e. The number of fused-ring (bicyclic) bond motifs is 3. The summed E-state index contributed by atoms with van der Waals surface area (Å²) in [5, 5.41) is 3.28. The Morgan fingerprint density at radius 1 is 1.15 bits per heavy atom. The molecule has 4 nitrogen and oxygen atoms in total. The predicted octanol–water partition coefficient (Wildman–Crippen LogP) is 3.66. The number of piperidine rings is 3. The van der Waals surface area contributed by atoms with Crippen LogP contribution in [0, 0.1) is 11.7 Å². The lowest BCUT2D eigenvalue weighted by atomic mass is 9.85. The van der Waals surface area contributed by atoms with E-state index in [1.165, 1.54) is 12.1 Å². The molecule has 2 aromatic rings. The molecule has 0 spiro atoms. The number of hydrogen-bond acceptors (Lipinski definition) is 4. The standard InChI is InChI=1S/C22H25FN2O2/c23-18-6-4-5-17(13-18)20(14-24-19-7-2-1-3-8-19)22(26)27-21-15-25-11-9-16(21)10-12-25/h1-8,13,16,20-21,24H,9-12,14-15H2. The average molecular weight is 368 g/mol. The Bertz CT molecular complexity index is 775. The number of hydrogen-bond donors (Lipinski definition) is 1. The van der Waals surface area contributed by atoms with Crippen molar-refractivity contribution in [1.29, 1.82) is 0 Å². The highest BCUT2D eigenvalue weighted by atomic mass is 19.1. The molecule has 3 saturated heterocycles. The lowest BCUT2D eigenvalue weighted by Crippen LogP contribution is -2.52. The fourth-order valence-corrected chi connectivity index (χ4v) is 4.11. The van der Waals surface area contributed by atoms with Crippen molar-refractivity contribution in [3.63, 3.8) is 0 Å². The third kappa shape index (κ3) is 4.30. The Hall–Kier alpha value is -2.40. The van der Waals surface area contributed by atoms with Crippen LogP contribution in [0.5, 0.6) is 0 Å². The highest BCUT2D eigenvalue weighted by Gasteiger charge is 2.37. The van der Waals surface area contributed by atoms with Crippen LogP contribution in [0.15, 0.2) is 54.6 Å². The molecule has 2 aromatic carbocycles. The number of para-hydroxylation sites is 1. The SMILES string of the molecule is O=C(OC1CN2CCC1CC2)C(CNc1ccccc1)c1cccc(F)c1. The molecule has 2 bridgehead atoms. The van der Waals surface area contributed by atoms with Gasteiger partial charge in [-0.25, -0.2) is 4.39 Å². The lowest BCUT2D eigenvalue weighted by Gasteiger charge is -2.44. The molecule has 0 saturated carbocycles. The molecule has 3 aliphatic heterocycles. The number of nitrogens with zero attached hydrogens (tertiary/aromatic N) is 1. The Morgan fingerprint density at radius 3 is 2.59 bits per heavy atom. The topological polar surface area (TPSA) is 41.6 Å². The van der Waals surface area contributed by atoms with E-state index in [0.29, 0.717) is 18.0 Å². The van der Waals surface area contributed by atoms with Gasteiger partial charge in [-0.05, 0) is 61.7 Å². The molecule has 0 amide bonds. The van der Waals surface area contributed by atoms with E-state index < -0.39 is 5.92 Å². The molecule has 1 N–H and O–H groups in total. The minimum absolute atomic E-state index is 0.0483. The average Bonchev–Trinajstić information content (AvgIpc) is 2.70.